The standard InChI is InChI=1S/C18H18ClNO2.ClH/c1-13(11-18(21)22)20-17-10-9-16(19)12-15(17)8-7-14-5-3-2-4-6-14;/h2-10,12-13,20H,11H2,1H3,(H,21,22);1H/t13-;/m1./s1. The summed E-state index contributed by atoms with van der Waals surface area (Å²) in [4.78, 5) is 10.8. The SMILES string of the molecule is C[C@H](CC(=O)O)Nc1ccc(Cl)cc1C=Cc1ccccc1.Cl. The fraction of sp³-hybridized carbons (Fsp3) is 0.167. The van der Waals surface area contributed by atoms with Crippen LogP contribution in [0.4, 0.5) is 5.69 Å². The summed E-state index contributed by atoms with van der Waals surface area (Å²) >= 11 is 6.06. The maximum Gasteiger partial charge on any atom is 0.305 e. The number of hydrogen-bond donors (Lipinski definition) is 2. The Morgan fingerprint density at radius 1 is 1.22 bits per heavy atom. The van der Waals surface area contributed by atoms with E-state index < -0.39 is 5.97 Å². The number of halogens is 2. The molecular formula is C18H19Cl2NO2. The molecule has 1 atom stereocenters. The summed E-state index contributed by atoms with van der Waals surface area (Å²) in [5.74, 6) is -0.824. The second kappa shape index (κ2) is 9.23. The molecule has 5 heteroatoms. The molecular weight excluding hydrogens is 333 g/mol. The molecule has 2 rings (SSSR count). The maximum absolute atomic E-state index is 10.8. The number of anilines is 1. The first-order chi connectivity index (χ1) is 10.5. The third kappa shape index (κ3) is 6.35. The van der Waals surface area contributed by atoms with Gasteiger partial charge >= 0.3 is 5.97 Å². The number of carboxylic acid groups (broad SMARTS) is 1. The minimum atomic E-state index is -0.824. The van der Waals surface area contributed by atoms with Gasteiger partial charge in [0.2, 0.25) is 0 Å². The summed E-state index contributed by atoms with van der Waals surface area (Å²) < 4.78 is 0. The monoisotopic (exact) mass is 351 g/mol. The Kier molecular flexibility index (Phi) is 7.66. The van der Waals surface area contributed by atoms with Gasteiger partial charge in [-0.05, 0) is 36.2 Å². The predicted octanol–water partition coefficient (Wildman–Crippen LogP) is 5.21. The van der Waals surface area contributed by atoms with E-state index in [1.165, 1.54) is 0 Å². The summed E-state index contributed by atoms with van der Waals surface area (Å²) in [5, 5.41) is 12.7. The van der Waals surface area contributed by atoms with Crippen LogP contribution in [0.5, 0.6) is 0 Å². The Balaban J connectivity index is 0.00000264. The average molecular weight is 352 g/mol. The molecule has 0 fully saturated rings. The van der Waals surface area contributed by atoms with Crippen LogP contribution in [0, 0.1) is 0 Å². The molecule has 0 saturated heterocycles. The molecule has 0 radical (unpaired) electrons. The molecule has 0 spiro atoms. The van der Waals surface area contributed by atoms with Crippen molar-refractivity contribution in [1.82, 2.24) is 0 Å². The minimum Gasteiger partial charge on any atom is -0.481 e. The van der Waals surface area contributed by atoms with Crippen LogP contribution in [-0.4, -0.2) is 17.1 Å². The number of aliphatic carboxylic acids is 1. The zero-order chi connectivity index (χ0) is 15.9. The van der Waals surface area contributed by atoms with E-state index in [0.717, 1.165) is 16.8 Å². The fourth-order valence-corrected chi connectivity index (χ4v) is 2.31. The average Bonchev–Trinajstić information content (AvgIpc) is 2.48. The predicted molar refractivity (Wildman–Crippen MR) is 99.4 cm³/mol. The molecule has 3 nitrogen and oxygen atoms in total. The smallest absolute Gasteiger partial charge is 0.305 e. The number of hydrogen-bond acceptors (Lipinski definition) is 2. The van der Waals surface area contributed by atoms with Gasteiger partial charge in [-0.2, -0.15) is 0 Å². The van der Waals surface area contributed by atoms with E-state index in [1.54, 1.807) is 6.07 Å². The van der Waals surface area contributed by atoms with Crippen LogP contribution < -0.4 is 5.32 Å². The van der Waals surface area contributed by atoms with Crippen LogP contribution in [0.25, 0.3) is 12.2 Å². The van der Waals surface area contributed by atoms with E-state index >= 15 is 0 Å². The Bertz CT molecular complexity index is 672. The molecule has 0 amide bonds. The molecule has 0 saturated carbocycles. The number of carboxylic acids is 1. The lowest BCUT2D eigenvalue weighted by atomic mass is 10.1. The Morgan fingerprint density at radius 3 is 2.57 bits per heavy atom. The first-order valence-corrected chi connectivity index (χ1v) is 7.43. The van der Waals surface area contributed by atoms with Crippen molar-refractivity contribution in [3.8, 4) is 0 Å². The van der Waals surface area contributed by atoms with Gasteiger partial charge in [-0.3, -0.25) is 4.79 Å². The number of nitrogens with one attached hydrogen (secondary N) is 1. The highest BCUT2D eigenvalue weighted by Gasteiger charge is 2.09. The second-order valence-corrected chi connectivity index (χ2v) is 5.56. The van der Waals surface area contributed by atoms with Crippen molar-refractivity contribution in [2.24, 2.45) is 0 Å². The van der Waals surface area contributed by atoms with Gasteiger partial charge in [-0.15, -0.1) is 12.4 Å². The highest BCUT2D eigenvalue weighted by molar-refractivity contribution is 6.30. The normalized spacial score (nSPS) is 11.7. The zero-order valence-corrected chi connectivity index (χ0v) is 14.3. The van der Waals surface area contributed by atoms with E-state index in [0.29, 0.717) is 5.02 Å². The first-order valence-electron chi connectivity index (χ1n) is 7.05. The van der Waals surface area contributed by atoms with Gasteiger partial charge in [-0.25, -0.2) is 0 Å². The molecule has 0 aliphatic heterocycles. The first kappa shape index (κ1) is 19.1. The molecule has 0 unspecified atom stereocenters. The van der Waals surface area contributed by atoms with Crippen molar-refractivity contribution in [3.63, 3.8) is 0 Å². The van der Waals surface area contributed by atoms with Gasteiger partial charge in [0.15, 0.2) is 0 Å². The van der Waals surface area contributed by atoms with Crippen molar-refractivity contribution in [2.45, 2.75) is 19.4 Å². The molecule has 0 heterocycles. The number of benzene rings is 2. The molecule has 2 N–H and O–H groups in total. The third-order valence-electron chi connectivity index (χ3n) is 3.15. The highest BCUT2D eigenvalue weighted by atomic mass is 35.5. The van der Waals surface area contributed by atoms with Crippen LogP contribution in [0.3, 0.4) is 0 Å². The lowest BCUT2D eigenvalue weighted by molar-refractivity contribution is -0.137. The zero-order valence-electron chi connectivity index (χ0n) is 12.7. The molecule has 122 valence electrons. The molecule has 2 aromatic rings. The summed E-state index contributed by atoms with van der Waals surface area (Å²) in [5.41, 5.74) is 2.88. The van der Waals surface area contributed by atoms with Crippen LogP contribution >= 0.6 is 24.0 Å². The Hall–Kier alpha value is -1.97. The van der Waals surface area contributed by atoms with Crippen LogP contribution in [-0.2, 0) is 4.79 Å². The molecule has 2 aromatic carbocycles. The van der Waals surface area contributed by atoms with Gasteiger partial charge in [0.25, 0.3) is 0 Å². The summed E-state index contributed by atoms with van der Waals surface area (Å²) in [6, 6.07) is 15.3. The third-order valence-corrected chi connectivity index (χ3v) is 3.39. The van der Waals surface area contributed by atoms with Crippen molar-refractivity contribution >= 4 is 47.8 Å². The van der Waals surface area contributed by atoms with Crippen molar-refractivity contribution in [2.75, 3.05) is 5.32 Å². The largest absolute Gasteiger partial charge is 0.481 e. The molecule has 23 heavy (non-hydrogen) atoms. The van der Waals surface area contributed by atoms with E-state index in [2.05, 4.69) is 5.32 Å². The van der Waals surface area contributed by atoms with Crippen LogP contribution in [0.2, 0.25) is 5.02 Å². The Morgan fingerprint density at radius 2 is 1.91 bits per heavy atom. The van der Waals surface area contributed by atoms with Crippen LogP contribution in [0.1, 0.15) is 24.5 Å². The summed E-state index contributed by atoms with van der Waals surface area (Å²) in [6.07, 6.45) is 4.03. The quantitative estimate of drug-likeness (QED) is 0.702. The van der Waals surface area contributed by atoms with Gasteiger partial charge in [0.1, 0.15) is 0 Å². The topological polar surface area (TPSA) is 49.3 Å². The lowest BCUT2D eigenvalue weighted by Gasteiger charge is -2.15. The van der Waals surface area contributed by atoms with Gasteiger partial charge < -0.3 is 10.4 Å². The summed E-state index contributed by atoms with van der Waals surface area (Å²) in [7, 11) is 0. The number of rotatable bonds is 6. The van der Waals surface area contributed by atoms with Crippen molar-refractivity contribution in [1.29, 1.82) is 0 Å². The van der Waals surface area contributed by atoms with E-state index in [4.69, 9.17) is 16.7 Å². The van der Waals surface area contributed by atoms with Gasteiger partial charge in [0.05, 0.1) is 6.42 Å². The van der Waals surface area contributed by atoms with Gasteiger partial charge in [0, 0.05) is 16.8 Å². The second-order valence-electron chi connectivity index (χ2n) is 5.12. The molecule has 0 aromatic heterocycles. The Labute approximate surface area is 147 Å². The molecule has 0 aliphatic carbocycles. The van der Waals surface area contributed by atoms with Crippen LogP contribution in [0.15, 0.2) is 48.5 Å². The van der Waals surface area contributed by atoms with Crippen molar-refractivity contribution in [3.05, 3.63) is 64.7 Å². The maximum atomic E-state index is 10.8. The van der Waals surface area contributed by atoms with E-state index in [-0.39, 0.29) is 24.9 Å². The molecule has 0 aliphatic rings. The fourth-order valence-electron chi connectivity index (χ4n) is 2.13. The van der Waals surface area contributed by atoms with E-state index in [1.807, 2.05) is 61.5 Å². The minimum absolute atomic E-state index is 0. The van der Waals surface area contributed by atoms with Crippen molar-refractivity contribution < 1.29 is 9.90 Å². The van der Waals surface area contributed by atoms with E-state index in [9.17, 15) is 4.79 Å². The highest BCUT2D eigenvalue weighted by Crippen LogP contribution is 2.24. The lowest BCUT2D eigenvalue weighted by Crippen LogP contribution is -2.19. The van der Waals surface area contributed by atoms with Gasteiger partial charge in [-0.1, -0.05) is 54.1 Å². The number of carbonyl (C=O) groups is 1. The summed E-state index contributed by atoms with van der Waals surface area (Å²) in [6.45, 7) is 1.84. The molecule has 0 bridgehead atoms.